The zero-order valence-corrected chi connectivity index (χ0v) is 8.01. The Morgan fingerprint density at radius 2 is 2.00 bits per heavy atom. The van der Waals surface area contributed by atoms with Crippen LogP contribution >= 0.6 is 11.3 Å². The first kappa shape index (κ1) is 8.19. The van der Waals surface area contributed by atoms with Crippen molar-refractivity contribution in [3.63, 3.8) is 0 Å². The molecule has 0 spiro atoms. The van der Waals surface area contributed by atoms with E-state index in [9.17, 15) is 0 Å². The van der Waals surface area contributed by atoms with E-state index in [-0.39, 0.29) is 0 Å². The van der Waals surface area contributed by atoms with Gasteiger partial charge in [0.1, 0.15) is 5.69 Å². The van der Waals surface area contributed by atoms with E-state index >= 15 is 0 Å². The molecule has 66 valence electrons. The highest BCUT2D eigenvalue weighted by Crippen LogP contribution is 2.28. The highest BCUT2D eigenvalue weighted by molar-refractivity contribution is 7.15. The third kappa shape index (κ3) is 1.53. The second-order valence-corrected chi connectivity index (χ2v) is 3.99. The van der Waals surface area contributed by atoms with Gasteiger partial charge >= 0.3 is 0 Å². The average molecular weight is 191 g/mol. The van der Waals surface area contributed by atoms with E-state index in [2.05, 4.69) is 16.9 Å². The summed E-state index contributed by atoms with van der Waals surface area (Å²) in [5, 5.41) is 0. The fourth-order valence-electron chi connectivity index (χ4n) is 1.10. The molecule has 4 heteroatoms. The van der Waals surface area contributed by atoms with Crippen molar-refractivity contribution in [3.8, 4) is 10.6 Å². The molecule has 0 aliphatic rings. The summed E-state index contributed by atoms with van der Waals surface area (Å²) in [6.07, 6.45) is 3.25. The van der Waals surface area contributed by atoms with Crippen molar-refractivity contribution in [1.82, 2.24) is 9.97 Å². The number of nitrogens with two attached hydrogens (primary N) is 1. The first-order valence-corrected chi connectivity index (χ1v) is 4.72. The van der Waals surface area contributed by atoms with E-state index in [1.54, 1.807) is 23.7 Å². The van der Waals surface area contributed by atoms with Crippen LogP contribution in [0.1, 0.15) is 4.88 Å². The van der Waals surface area contributed by atoms with Crippen LogP contribution in [0.25, 0.3) is 10.6 Å². The monoisotopic (exact) mass is 191 g/mol. The van der Waals surface area contributed by atoms with E-state index in [4.69, 9.17) is 5.73 Å². The summed E-state index contributed by atoms with van der Waals surface area (Å²) in [4.78, 5) is 10.5. The molecular formula is C9H9N3S. The second-order valence-electron chi connectivity index (χ2n) is 2.70. The third-order valence-electron chi connectivity index (χ3n) is 1.70. The lowest BCUT2D eigenvalue weighted by atomic mass is 10.3. The van der Waals surface area contributed by atoms with Gasteiger partial charge in [0.05, 0.1) is 4.88 Å². The van der Waals surface area contributed by atoms with E-state index in [0.29, 0.717) is 5.82 Å². The van der Waals surface area contributed by atoms with Crippen LogP contribution in [-0.2, 0) is 0 Å². The summed E-state index contributed by atoms with van der Waals surface area (Å²) in [7, 11) is 0. The van der Waals surface area contributed by atoms with E-state index in [1.165, 1.54) is 4.88 Å². The SMILES string of the molecule is Cc1ccc(-c2nccnc2N)s1. The zero-order chi connectivity index (χ0) is 9.26. The number of hydrogen-bond acceptors (Lipinski definition) is 4. The topological polar surface area (TPSA) is 51.8 Å². The summed E-state index contributed by atoms with van der Waals surface area (Å²) in [6.45, 7) is 2.06. The molecule has 0 radical (unpaired) electrons. The fourth-order valence-corrected chi connectivity index (χ4v) is 1.97. The Morgan fingerprint density at radius 1 is 1.23 bits per heavy atom. The fraction of sp³-hybridized carbons (Fsp3) is 0.111. The van der Waals surface area contributed by atoms with Crippen LogP contribution in [0.2, 0.25) is 0 Å². The molecule has 0 unspecified atom stereocenters. The smallest absolute Gasteiger partial charge is 0.150 e. The number of nitrogen functional groups attached to an aromatic ring is 1. The number of hydrogen-bond donors (Lipinski definition) is 1. The van der Waals surface area contributed by atoms with Crippen LogP contribution in [0.15, 0.2) is 24.5 Å². The summed E-state index contributed by atoms with van der Waals surface area (Å²) in [6, 6.07) is 4.06. The largest absolute Gasteiger partial charge is 0.382 e. The maximum absolute atomic E-state index is 5.69. The minimum Gasteiger partial charge on any atom is -0.382 e. The summed E-state index contributed by atoms with van der Waals surface area (Å²) < 4.78 is 0. The molecule has 0 fully saturated rings. The number of thiophene rings is 1. The maximum Gasteiger partial charge on any atom is 0.150 e. The lowest BCUT2D eigenvalue weighted by Crippen LogP contribution is -1.94. The van der Waals surface area contributed by atoms with Crippen molar-refractivity contribution in [2.45, 2.75) is 6.92 Å². The Bertz CT molecular complexity index is 422. The Morgan fingerprint density at radius 3 is 2.62 bits per heavy atom. The predicted octanol–water partition coefficient (Wildman–Crippen LogP) is 2.10. The summed E-state index contributed by atoms with van der Waals surface area (Å²) >= 11 is 1.67. The second kappa shape index (κ2) is 3.14. The highest BCUT2D eigenvalue weighted by Gasteiger charge is 2.05. The van der Waals surface area contributed by atoms with Crippen molar-refractivity contribution in [2.75, 3.05) is 5.73 Å². The van der Waals surface area contributed by atoms with Crippen LogP contribution < -0.4 is 5.73 Å². The lowest BCUT2D eigenvalue weighted by Gasteiger charge is -1.98. The molecule has 0 aliphatic carbocycles. The summed E-state index contributed by atoms with van der Waals surface area (Å²) in [5.41, 5.74) is 6.47. The number of anilines is 1. The molecule has 2 rings (SSSR count). The maximum atomic E-state index is 5.69. The molecule has 0 amide bonds. The van der Waals surface area contributed by atoms with Crippen LogP contribution in [0.4, 0.5) is 5.82 Å². The van der Waals surface area contributed by atoms with Gasteiger partial charge in [0, 0.05) is 17.3 Å². The number of aromatic nitrogens is 2. The van der Waals surface area contributed by atoms with Gasteiger partial charge in [0.2, 0.25) is 0 Å². The zero-order valence-electron chi connectivity index (χ0n) is 7.19. The Kier molecular flexibility index (Phi) is 1.98. The molecule has 2 aromatic heterocycles. The minimum absolute atomic E-state index is 0.490. The van der Waals surface area contributed by atoms with Crippen molar-refractivity contribution in [3.05, 3.63) is 29.4 Å². The number of aryl methyl sites for hydroxylation is 1. The minimum atomic E-state index is 0.490. The third-order valence-corrected chi connectivity index (χ3v) is 2.71. The van der Waals surface area contributed by atoms with E-state index < -0.39 is 0 Å². The Balaban J connectivity index is 2.52. The Labute approximate surface area is 80.3 Å². The van der Waals surface area contributed by atoms with Crippen molar-refractivity contribution < 1.29 is 0 Å². The van der Waals surface area contributed by atoms with Crippen molar-refractivity contribution in [1.29, 1.82) is 0 Å². The molecule has 0 aliphatic heterocycles. The molecule has 3 nitrogen and oxygen atoms in total. The van der Waals surface area contributed by atoms with Crippen molar-refractivity contribution >= 4 is 17.2 Å². The molecular weight excluding hydrogens is 182 g/mol. The lowest BCUT2D eigenvalue weighted by molar-refractivity contribution is 1.22. The van der Waals surface area contributed by atoms with Crippen LogP contribution in [0, 0.1) is 6.92 Å². The van der Waals surface area contributed by atoms with Crippen LogP contribution in [-0.4, -0.2) is 9.97 Å². The average Bonchev–Trinajstić information content (AvgIpc) is 2.53. The molecule has 13 heavy (non-hydrogen) atoms. The normalized spacial score (nSPS) is 10.2. The first-order valence-electron chi connectivity index (χ1n) is 3.90. The van der Waals surface area contributed by atoms with Gasteiger partial charge in [0.15, 0.2) is 5.82 Å². The van der Waals surface area contributed by atoms with Gasteiger partial charge in [-0.25, -0.2) is 9.97 Å². The van der Waals surface area contributed by atoms with Gasteiger partial charge in [-0.05, 0) is 19.1 Å². The number of nitrogens with zero attached hydrogens (tertiary/aromatic N) is 2. The van der Waals surface area contributed by atoms with Gasteiger partial charge in [-0.3, -0.25) is 0 Å². The highest BCUT2D eigenvalue weighted by atomic mass is 32.1. The van der Waals surface area contributed by atoms with Gasteiger partial charge in [0.25, 0.3) is 0 Å². The Hall–Kier alpha value is -1.42. The molecule has 0 atom stereocenters. The van der Waals surface area contributed by atoms with Gasteiger partial charge in [-0.2, -0.15) is 0 Å². The van der Waals surface area contributed by atoms with E-state index in [1.807, 2.05) is 12.1 Å². The number of rotatable bonds is 1. The molecule has 0 aromatic carbocycles. The molecule has 0 bridgehead atoms. The van der Waals surface area contributed by atoms with Crippen molar-refractivity contribution in [2.24, 2.45) is 0 Å². The molecule has 2 heterocycles. The van der Waals surface area contributed by atoms with Gasteiger partial charge in [-0.15, -0.1) is 11.3 Å². The van der Waals surface area contributed by atoms with Gasteiger partial charge < -0.3 is 5.73 Å². The van der Waals surface area contributed by atoms with E-state index in [0.717, 1.165) is 10.6 Å². The van der Waals surface area contributed by atoms with Crippen LogP contribution in [0.3, 0.4) is 0 Å². The first-order chi connectivity index (χ1) is 6.27. The molecule has 0 saturated carbocycles. The predicted molar refractivity (Wildman–Crippen MR) is 54.5 cm³/mol. The van der Waals surface area contributed by atoms with Crippen LogP contribution in [0.5, 0.6) is 0 Å². The summed E-state index contributed by atoms with van der Waals surface area (Å²) in [5.74, 6) is 0.490. The molecule has 0 saturated heterocycles. The van der Waals surface area contributed by atoms with Gasteiger partial charge in [-0.1, -0.05) is 0 Å². The quantitative estimate of drug-likeness (QED) is 0.751. The molecule has 2 aromatic rings. The molecule has 2 N–H and O–H groups in total. The standard InChI is InChI=1S/C9H9N3S/c1-6-2-3-7(13-6)8-9(10)12-5-4-11-8/h2-5H,1H3,(H2,10,12).